The van der Waals surface area contributed by atoms with Crippen LogP contribution in [-0.2, 0) is 4.84 Å². The van der Waals surface area contributed by atoms with Gasteiger partial charge in [0.15, 0.2) is 0 Å². The van der Waals surface area contributed by atoms with E-state index in [0.717, 1.165) is 6.54 Å². The van der Waals surface area contributed by atoms with Gasteiger partial charge in [-0.1, -0.05) is 6.92 Å². The molecule has 0 N–H and O–H groups in total. The van der Waals surface area contributed by atoms with E-state index in [9.17, 15) is 0 Å². The summed E-state index contributed by atoms with van der Waals surface area (Å²) < 4.78 is 0. The molecule has 0 aromatic rings. The highest BCUT2D eigenvalue weighted by Gasteiger charge is 2.07. The van der Waals surface area contributed by atoms with Gasteiger partial charge in [-0.3, -0.25) is 0 Å². The van der Waals surface area contributed by atoms with E-state index in [-0.39, 0.29) is 6.04 Å². The summed E-state index contributed by atoms with van der Waals surface area (Å²) in [6, 6.07) is 1.91. The first kappa shape index (κ1) is 8.41. The molecule has 0 aliphatic carbocycles. The minimum absolute atomic E-state index is 0.153. The number of rotatable bonds is 3. The van der Waals surface area contributed by atoms with E-state index in [1.807, 2.05) is 6.92 Å². The average Bonchev–Trinajstić information content (AvgIpc) is 1.90. The Morgan fingerprint density at radius 3 is 2.44 bits per heavy atom. The highest BCUT2D eigenvalue weighted by Crippen LogP contribution is 1.94. The van der Waals surface area contributed by atoms with E-state index >= 15 is 0 Å². The third-order valence-electron chi connectivity index (χ3n) is 1.16. The van der Waals surface area contributed by atoms with Gasteiger partial charge in [-0.25, -0.2) is 0 Å². The molecule has 0 fully saturated rings. The molecule has 0 amide bonds. The summed E-state index contributed by atoms with van der Waals surface area (Å²) >= 11 is 0. The van der Waals surface area contributed by atoms with Crippen molar-refractivity contribution < 1.29 is 4.84 Å². The van der Waals surface area contributed by atoms with Crippen molar-refractivity contribution in [1.82, 2.24) is 5.06 Å². The van der Waals surface area contributed by atoms with E-state index in [4.69, 9.17) is 10.1 Å². The first-order valence-electron chi connectivity index (χ1n) is 2.96. The van der Waals surface area contributed by atoms with Crippen LogP contribution in [0.5, 0.6) is 0 Å². The highest BCUT2D eigenvalue weighted by molar-refractivity contribution is 4.84. The zero-order valence-corrected chi connectivity index (χ0v) is 6.09. The van der Waals surface area contributed by atoms with Crippen LogP contribution in [-0.4, -0.2) is 24.8 Å². The largest absolute Gasteiger partial charge is 0.301 e. The van der Waals surface area contributed by atoms with Gasteiger partial charge in [-0.15, -0.1) is 0 Å². The lowest BCUT2D eigenvalue weighted by molar-refractivity contribution is -0.140. The van der Waals surface area contributed by atoms with Gasteiger partial charge in [0.25, 0.3) is 0 Å². The first-order chi connectivity index (χ1) is 4.26. The molecule has 0 saturated carbocycles. The number of hydroxylamine groups is 2. The average molecular weight is 128 g/mol. The van der Waals surface area contributed by atoms with Gasteiger partial charge in [0.2, 0.25) is 0 Å². The fourth-order valence-corrected chi connectivity index (χ4v) is 0.625. The Bertz CT molecular complexity index is 104. The van der Waals surface area contributed by atoms with Gasteiger partial charge in [-0.2, -0.15) is 10.3 Å². The first-order valence-corrected chi connectivity index (χ1v) is 2.96. The Hall–Kier alpha value is -0.590. The Morgan fingerprint density at radius 2 is 2.33 bits per heavy atom. The van der Waals surface area contributed by atoms with Crippen molar-refractivity contribution in [2.45, 2.75) is 19.9 Å². The Kier molecular flexibility index (Phi) is 4.02. The second-order valence-corrected chi connectivity index (χ2v) is 1.72. The van der Waals surface area contributed by atoms with Crippen molar-refractivity contribution in [2.75, 3.05) is 13.7 Å². The number of hydrogen-bond acceptors (Lipinski definition) is 3. The van der Waals surface area contributed by atoms with Crippen LogP contribution in [0.3, 0.4) is 0 Å². The third kappa shape index (κ3) is 2.45. The van der Waals surface area contributed by atoms with Gasteiger partial charge >= 0.3 is 0 Å². The van der Waals surface area contributed by atoms with E-state index in [1.165, 1.54) is 0 Å². The van der Waals surface area contributed by atoms with E-state index in [1.54, 1.807) is 19.1 Å². The molecule has 1 unspecified atom stereocenters. The quantitative estimate of drug-likeness (QED) is 0.527. The van der Waals surface area contributed by atoms with E-state index in [2.05, 4.69) is 6.07 Å². The molecular weight excluding hydrogens is 116 g/mol. The molecular formula is C6H12N2O. The lowest BCUT2D eigenvalue weighted by Gasteiger charge is -2.18. The molecule has 0 aliphatic rings. The molecule has 0 heterocycles. The van der Waals surface area contributed by atoms with Crippen molar-refractivity contribution in [3.63, 3.8) is 0 Å². The molecule has 3 nitrogen and oxygen atoms in total. The van der Waals surface area contributed by atoms with Crippen LogP contribution in [0.25, 0.3) is 0 Å². The molecule has 0 aromatic heterocycles. The van der Waals surface area contributed by atoms with E-state index in [0.29, 0.717) is 0 Å². The zero-order chi connectivity index (χ0) is 7.28. The molecule has 3 heteroatoms. The van der Waals surface area contributed by atoms with Crippen LogP contribution in [0.15, 0.2) is 0 Å². The van der Waals surface area contributed by atoms with Crippen molar-refractivity contribution >= 4 is 0 Å². The summed E-state index contributed by atoms with van der Waals surface area (Å²) in [6.07, 6.45) is 0. The minimum Gasteiger partial charge on any atom is -0.301 e. The van der Waals surface area contributed by atoms with Crippen LogP contribution < -0.4 is 0 Å². The van der Waals surface area contributed by atoms with Crippen LogP contribution in [0.4, 0.5) is 0 Å². The fourth-order valence-electron chi connectivity index (χ4n) is 0.625. The molecule has 0 bridgehead atoms. The maximum atomic E-state index is 8.40. The molecule has 0 saturated heterocycles. The smallest absolute Gasteiger partial charge is 0.119 e. The summed E-state index contributed by atoms with van der Waals surface area (Å²) in [5.41, 5.74) is 0. The summed E-state index contributed by atoms with van der Waals surface area (Å²) in [5, 5.41) is 10.0. The zero-order valence-electron chi connectivity index (χ0n) is 6.09. The van der Waals surface area contributed by atoms with Crippen molar-refractivity contribution in [3.05, 3.63) is 0 Å². The number of hydrogen-bond donors (Lipinski definition) is 0. The monoisotopic (exact) mass is 128 g/mol. The highest BCUT2D eigenvalue weighted by atomic mass is 16.7. The van der Waals surface area contributed by atoms with Crippen molar-refractivity contribution in [2.24, 2.45) is 0 Å². The van der Waals surface area contributed by atoms with Gasteiger partial charge < -0.3 is 4.84 Å². The molecule has 0 aromatic carbocycles. The molecule has 1 atom stereocenters. The standard InChI is InChI=1S/C6H12N2O/c1-4-8(9-3)6(2)5-7/h6H,4H2,1-3H3. The maximum Gasteiger partial charge on any atom is 0.119 e. The molecule has 0 radical (unpaired) electrons. The topological polar surface area (TPSA) is 36.3 Å². The van der Waals surface area contributed by atoms with Crippen molar-refractivity contribution in [1.29, 1.82) is 5.26 Å². The Balaban J connectivity index is 3.67. The van der Waals surface area contributed by atoms with Gasteiger partial charge in [0.05, 0.1) is 13.2 Å². The molecule has 0 aliphatic heterocycles. The molecule has 0 spiro atoms. The molecule has 52 valence electrons. The Labute approximate surface area is 55.8 Å². The summed E-state index contributed by atoms with van der Waals surface area (Å²) in [7, 11) is 1.57. The SMILES string of the molecule is CCN(OC)C(C)C#N. The van der Waals surface area contributed by atoms with Crippen LogP contribution in [0.1, 0.15) is 13.8 Å². The van der Waals surface area contributed by atoms with Gasteiger partial charge in [-0.05, 0) is 6.92 Å². The molecule has 9 heavy (non-hydrogen) atoms. The number of nitriles is 1. The molecule has 0 rings (SSSR count). The second-order valence-electron chi connectivity index (χ2n) is 1.72. The summed E-state index contributed by atoms with van der Waals surface area (Å²) in [4.78, 5) is 4.86. The van der Waals surface area contributed by atoms with Gasteiger partial charge in [0.1, 0.15) is 6.04 Å². The number of nitrogens with zero attached hydrogens (tertiary/aromatic N) is 2. The van der Waals surface area contributed by atoms with Crippen LogP contribution in [0, 0.1) is 11.3 Å². The third-order valence-corrected chi connectivity index (χ3v) is 1.16. The Morgan fingerprint density at radius 1 is 1.78 bits per heavy atom. The summed E-state index contributed by atoms with van der Waals surface area (Å²) in [6.45, 7) is 4.48. The lowest BCUT2D eigenvalue weighted by Crippen LogP contribution is -2.30. The predicted octanol–water partition coefficient (Wildman–Crippen LogP) is 0.782. The van der Waals surface area contributed by atoms with E-state index < -0.39 is 0 Å². The minimum atomic E-state index is -0.153. The predicted molar refractivity (Wildman–Crippen MR) is 34.5 cm³/mol. The normalized spacial score (nSPS) is 13.2. The maximum absolute atomic E-state index is 8.40. The summed E-state index contributed by atoms with van der Waals surface area (Å²) in [5.74, 6) is 0. The van der Waals surface area contributed by atoms with Gasteiger partial charge in [0, 0.05) is 6.54 Å². The van der Waals surface area contributed by atoms with Crippen molar-refractivity contribution in [3.8, 4) is 6.07 Å². The van der Waals surface area contributed by atoms with Crippen LogP contribution >= 0.6 is 0 Å². The second kappa shape index (κ2) is 4.30. The fraction of sp³-hybridized carbons (Fsp3) is 0.833. The lowest BCUT2D eigenvalue weighted by atomic mass is 10.4. The van der Waals surface area contributed by atoms with Crippen LogP contribution in [0.2, 0.25) is 0 Å².